The highest BCUT2D eigenvalue weighted by molar-refractivity contribution is 7.89. The molecule has 0 saturated heterocycles. The second kappa shape index (κ2) is 5.99. The third-order valence-electron chi connectivity index (χ3n) is 2.97. The molecular weight excluding hydrogens is 293 g/mol. The number of aromatic nitrogens is 1. The Morgan fingerprint density at radius 3 is 2.81 bits per heavy atom. The molecule has 0 bridgehead atoms. The molecule has 0 saturated carbocycles. The number of nitrogens with zero attached hydrogens (tertiary/aromatic N) is 2. The van der Waals surface area contributed by atoms with Gasteiger partial charge in [-0.1, -0.05) is 6.07 Å². The highest BCUT2D eigenvalue weighted by atomic mass is 32.2. The summed E-state index contributed by atoms with van der Waals surface area (Å²) in [6, 6.07) is 6.76. The number of pyridine rings is 1. The zero-order chi connectivity index (χ0) is 15.5. The molecule has 0 amide bonds. The van der Waals surface area contributed by atoms with E-state index in [2.05, 4.69) is 9.71 Å². The van der Waals surface area contributed by atoms with E-state index in [1.54, 1.807) is 31.5 Å². The number of sulfonamides is 1. The van der Waals surface area contributed by atoms with Gasteiger partial charge in [0.1, 0.15) is 22.3 Å². The van der Waals surface area contributed by atoms with Crippen molar-refractivity contribution in [3.63, 3.8) is 0 Å². The molecule has 0 spiro atoms. The van der Waals surface area contributed by atoms with E-state index in [-0.39, 0.29) is 11.4 Å². The lowest BCUT2D eigenvalue weighted by atomic mass is 10.2. The Hall–Kier alpha value is -2.30. The molecule has 5 nitrogen and oxygen atoms in total. The smallest absolute Gasteiger partial charge is 0.242 e. The number of rotatable bonds is 4. The fraction of sp³-hybridized carbons (Fsp3) is 0.143. The summed E-state index contributed by atoms with van der Waals surface area (Å²) in [5.74, 6) is -0.861. The van der Waals surface area contributed by atoms with E-state index in [0.29, 0.717) is 0 Å². The quantitative estimate of drug-likeness (QED) is 0.935. The number of hydrogen-bond donors (Lipinski definition) is 1. The van der Waals surface area contributed by atoms with Crippen molar-refractivity contribution < 1.29 is 12.8 Å². The van der Waals surface area contributed by atoms with Crippen molar-refractivity contribution in [2.45, 2.75) is 18.4 Å². The lowest BCUT2D eigenvalue weighted by Gasteiger charge is -2.10. The lowest BCUT2D eigenvalue weighted by molar-refractivity contribution is 0.576. The Kier molecular flexibility index (Phi) is 4.31. The highest BCUT2D eigenvalue weighted by Crippen LogP contribution is 2.18. The number of aryl methyl sites for hydroxylation is 1. The maximum Gasteiger partial charge on any atom is 0.242 e. The molecule has 21 heavy (non-hydrogen) atoms. The molecule has 0 aliphatic rings. The highest BCUT2D eigenvalue weighted by Gasteiger charge is 2.21. The average molecular weight is 305 g/mol. The molecular formula is C14H12FN3O2S. The van der Waals surface area contributed by atoms with E-state index in [0.717, 1.165) is 17.2 Å². The van der Waals surface area contributed by atoms with E-state index >= 15 is 0 Å². The Morgan fingerprint density at radius 2 is 2.14 bits per heavy atom. The van der Waals surface area contributed by atoms with Crippen molar-refractivity contribution in [1.29, 1.82) is 5.26 Å². The summed E-state index contributed by atoms with van der Waals surface area (Å²) in [4.78, 5) is 3.55. The first-order chi connectivity index (χ1) is 9.95. The number of benzene rings is 1. The van der Waals surface area contributed by atoms with Crippen LogP contribution in [0.4, 0.5) is 4.39 Å². The van der Waals surface area contributed by atoms with Gasteiger partial charge in [0, 0.05) is 18.9 Å². The van der Waals surface area contributed by atoms with Gasteiger partial charge in [-0.15, -0.1) is 0 Å². The zero-order valence-electron chi connectivity index (χ0n) is 11.2. The fourth-order valence-corrected chi connectivity index (χ4v) is 2.96. The first kappa shape index (κ1) is 15.1. The molecule has 2 aromatic rings. The Morgan fingerprint density at radius 1 is 1.38 bits per heavy atom. The molecule has 0 unspecified atom stereocenters. The largest absolute Gasteiger partial charge is 0.264 e. The lowest BCUT2D eigenvalue weighted by Crippen LogP contribution is -2.24. The molecule has 1 aromatic carbocycles. The Bertz CT molecular complexity index is 813. The van der Waals surface area contributed by atoms with Crippen LogP contribution in [0.15, 0.2) is 41.6 Å². The molecule has 108 valence electrons. The van der Waals surface area contributed by atoms with Crippen LogP contribution < -0.4 is 4.72 Å². The molecule has 0 radical (unpaired) electrons. The van der Waals surface area contributed by atoms with Crippen LogP contribution in [0.25, 0.3) is 0 Å². The van der Waals surface area contributed by atoms with Crippen LogP contribution in [-0.2, 0) is 16.6 Å². The van der Waals surface area contributed by atoms with Crippen molar-refractivity contribution in [2.24, 2.45) is 0 Å². The molecule has 1 aromatic heterocycles. The minimum atomic E-state index is -3.97. The summed E-state index contributed by atoms with van der Waals surface area (Å²) in [5, 5.41) is 8.90. The van der Waals surface area contributed by atoms with Gasteiger partial charge in [-0.3, -0.25) is 4.98 Å². The maximum absolute atomic E-state index is 13.5. The number of halogens is 1. The van der Waals surface area contributed by atoms with Gasteiger partial charge >= 0.3 is 0 Å². The van der Waals surface area contributed by atoms with Gasteiger partial charge < -0.3 is 0 Å². The first-order valence-electron chi connectivity index (χ1n) is 6.03. The van der Waals surface area contributed by atoms with E-state index in [9.17, 15) is 12.8 Å². The predicted octanol–water partition coefficient (Wildman–Crippen LogP) is 1.88. The van der Waals surface area contributed by atoms with Crippen molar-refractivity contribution in [1.82, 2.24) is 9.71 Å². The Balaban J connectivity index is 2.30. The predicted molar refractivity (Wildman–Crippen MR) is 74.1 cm³/mol. The van der Waals surface area contributed by atoms with E-state index in [1.165, 1.54) is 12.1 Å². The van der Waals surface area contributed by atoms with Crippen LogP contribution in [0.2, 0.25) is 0 Å². The van der Waals surface area contributed by atoms with Crippen molar-refractivity contribution >= 4 is 10.0 Å². The molecule has 0 aliphatic heterocycles. The molecule has 1 N–H and O–H groups in total. The van der Waals surface area contributed by atoms with Crippen LogP contribution in [0, 0.1) is 24.1 Å². The van der Waals surface area contributed by atoms with E-state index in [1.807, 2.05) is 0 Å². The SMILES string of the molecule is Cc1cnccc1CNS(=O)(=O)c1cccc(F)c1C#N. The second-order valence-electron chi connectivity index (χ2n) is 4.35. The number of nitriles is 1. The summed E-state index contributed by atoms with van der Waals surface area (Å²) in [6.07, 6.45) is 3.17. The van der Waals surface area contributed by atoms with Crippen LogP contribution >= 0.6 is 0 Å². The molecule has 0 atom stereocenters. The molecule has 0 aliphatic carbocycles. The third-order valence-corrected chi connectivity index (χ3v) is 4.41. The molecule has 2 rings (SSSR count). The number of nitrogens with one attached hydrogen (secondary N) is 1. The van der Waals surface area contributed by atoms with Crippen LogP contribution in [-0.4, -0.2) is 13.4 Å². The zero-order valence-corrected chi connectivity index (χ0v) is 12.0. The van der Waals surface area contributed by atoms with Gasteiger partial charge in [-0.2, -0.15) is 5.26 Å². The van der Waals surface area contributed by atoms with Gasteiger partial charge in [0.2, 0.25) is 10.0 Å². The van der Waals surface area contributed by atoms with Gasteiger partial charge in [-0.25, -0.2) is 17.5 Å². The average Bonchev–Trinajstić information content (AvgIpc) is 2.46. The monoisotopic (exact) mass is 305 g/mol. The maximum atomic E-state index is 13.5. The van der Waals surface area contributed by atoms with Gasteiger partial charge in [-0.05, 0) is 36.2 Å². The van der Waals surface area contributed by atoms with Gasteiger partial charge in [0.25, 0.3) is 0 Å². The first-order valence-corrected chi connectivity index (χ1v) is 7.52. The van der Waals surface area contributed by atoms with Gasteiger partial charge in [0.05, 0.1) is 0 Å². The fourth-order valence-electron chi connectivity index (χ4n) is 1.79. The number of hydrogen-bond acceptors (Lipinski definition) is 4. The summed E-state index contributed by atoms with van der Waals surface area (Å²) in [6.45, 7) is 1.84. The standard InChI is InChI=1S/C14H12FN3O2S/c1-10-8-17-6-5-11(10)9-18-21(19,20)14-4-2-3-13(15)12(14)7-16/h2-6,8,18H,9H2,1H3. The summed E-state index contributed by atoms with van der Waals surface area (Å²) in [5.41, 5.74) is 1.10. The minimum absolute atomic E-state index is 0.0398. The second-order valence-corrected chi connectivity index (χ2v) is 6.09. The van der Waals surface area contributed by atoms with Crippen LogP contribution in [0.3, 0.4) is 0 Å². The summed E-state index contributed by atoms with van der Waals surface area (Å²) in [7, 11) is -3.97. The molecule has 7 heteroatoms. The van der Waals surface area contributed by atoms with Crippen molar-refractivity contribution in [2.75, 3.05) is 0 Å². The molecule has 1 heterocycles. The van der Waals surface area contributed by atoms with E-state index < -0.39 is 21.4 Å². The van der Waals surface area contributed by atoms with Crippen molar-refractivity contribution in [3.8, 4) is 6.07 Å². The molecule has 0 fully saturated rings. The minimum Gasteiger partial charge on any atom is -0.264 e. The normalized spacial score (nSPS) is 11.1. The topological polar surface area (TPSA) is 82.8 Å². The summed E-state index contributed by atoms with van der Waals surface area (Å²) >= 11 is 0. The van der Waals surface area contributed by atoms with Crippen molar-refractivity contribution in [3.05, 3.63) is 59.2 Å². The third kappa shape index (κ3) is 3.24. The van der Waals surface area contributed by atoms with E-state index in [4.69, 9.17) is 5.26 Å². The van der Waals surface area contributed by atoms with Crippen LogP contribution in [0.1, 0.15) is 16.7 Å². The Labute approximate surface area is 122 Å². The summed E-state index contributed by atoms with van der Waals surface area (Å²) < 4.78 is 40.3. The van der Waals surface area contributed by atoms with Gasteiger partial charge in [0.15, 0.2) is 0 Å². The van der Waals surface area contributed by atoms with Crippen LogP contribution in [0.5, 0.6) is 0 Å².